The molecule has 0 saturated carbocycles. The lowest BCUT2D eigenvalue weighted by Crippen LogP contribution is -2.40. The molecule has 6 heteroatoms. The molecule has 0 fully saturated rings. The summed E-state index contributed by atoms with van der Waals surface area (Å²) in [5.74, 6) is -2.04. The fourth-order valence-electron chi connectivity index (χ4n) is 1.68. The summed E-state index contributed by atoms with van der Waals surface area (Å²) >= 11 is 0. The molecule has 0 aliphatic heterocycles. The molecule has 0 spiro atoms. The molecule has 0 aliphatic carbocycles. The van der Waals surface area contributed by atoms with Gasteiger partial charge in [-0.25, -0.2) is 0 Å². The van der Waals surface area contributed by atoms with E-state index in [1.807, 2.05) is 27.7 Å². The molecule has 0 aromatic rings. The molecule has 116 valence electrons. The van der Waals surface area contributed by atoms with E-state index in [-0.39, 0.29) is 30.3 Å². The van der Waals surface area contributed by atoms with Crippen molar-refractivity contribution in [1.82, 2.24) is 10.6 Å². The van der Waals surface area contributed by atoms with Crippen LogP contribution >= 0.6 is 0 Å². The van der Waals surface area contributed by atoms with Gasteiger partial charge >= 0.3 is 5.97 Å². The fraction of sp³-hybridized carbons (Fsp3) is 0.786. The number of rotatable bonds is 8. The Hall–Kier alpha value is -1.59. The largest absolute Gasteiger partial charge is 0.481 e. The Labute approximate surface area is 120 Å². The van der Waals surface area contributed by atoms with E-state index in [0.29, 0.717) is 12.8 Å². The van der Waals surface area contributed by atoms with Crippen LogP contribution in [0.4, 0.5) is 0 Å². The minimum absolute atomic E-state index is 0.0944. The van der Waals surface area contributed by atoms with Crippen molar-refractivity contribution in [2.75, 3.05) is 13.1 Å². The second kappa shape index (κ2) is 8.55. The van der Waals surface area contributed by atoms with E-state index in [9.17, 15) is 14.4 Å². The molecule has 0 aromatic carbocycles. The Kier molecular flexibility index (Phi) is 7.87. The maximum absolute atomic E-state index is 11.5. The average molecular weight is 286 g/mol. The molecular formula is C14H26N2O4. The van der Waals surface area contributed by atoms with Gasteiger partial charge in [-0.15, -0.1) is 0 Å². The fourth-order valence-corrected chi connectivity index (χ4v) is 1.68. The van der Waals surface area contributed by atoms with Crippen LogP contribution in [0.25, 0.3) is 0 Å². The molecule has 0 rings (SSSR count). The Morgan fingerprint density at radius 1 is 1.10 bits per heavy atom. The summed E-state index contributed by atoms with van der Waals surface area (Å²) in [5, 5.41) is 14.0. The van der Waals surface area contributed by atoms with Crippen molar-refractivity contribution < 1.29 is 19.5 Å². The Morgan fingerprint density at radius 2 is 1.70 bits per heavy atom. The van der Waals surface area contributed by atoms with Crippen LogP contribution in [0.1, 0.15) is 47.0 Å². The molecular weight excluding hydrogens is 260 g/mol. The van der Waals surface area contributed by atoms with Crippen molar-refractivity contribution in [3.05, 3.63) is 0 Å². The number of nitrogens with one attached hydrogen (secondary N) is 2. The number of carbonyl (C=O) groups excluding carboxylic acids is 2. The zero-order valence-electron chi connectivity index (χ0n) is 12.8. The first-order valence-corrected chi connectivity index (χ1v) is 6.92. The third-order valence-corrected chi connectivity index (χ3v) is 2.67. The molecule has 20 heavy (non-hydrogen) atoms. The number of aliphatic carboxylic acids is 1. The van der Waals surface area contributed by atoms with Crippen LogP contribution in [0.5, 0.6) is 0 Å². The number of hydrogen-bond donors (Lipinski definition) is 3. The minimum atomic E-state index is -0.913. The molecule has 0 bridgehead atoms. The van der Waals surface area contributed by atoms with Crippen molar-refractivity contribution in [3.63, 3.8) is 0 Å². The molecule has 0 aliphatic rings. The van der Waals surface area contributed by atoms with E-state index in [0.717, 1.165) is 6.42 Å². The smallest absolute Gasteiger partial charge is 0.308 e. The first-order chi connectivity index (χ1) is 9.15. The molecule has 3 N–H and O–H groups in total. The maximum Gasteiger partial charge on any atom is 0.308 e. The van der Waals surface area contributed by atoms with Crippen LogP contribution < -0.4 is 10.6 Å². The SMILES string of the molecule is CCCC(CNC(=O)CNC(=O)CC(C)(C)C)C(=O)O. The van der Waals surface area contributed by atoms with E-state index >= 15 is 0 Å². The van der Waals surface area contributed by atoms with Gasteiger partial charge in [0.15, 0.2) is 0 Å². The summed E-state index contributed by atoms with van der Waals surface area (Å²) in [4.78, 5) is 34.0. The third kappa shape index (κ3) is 9.35. The van der Waals surface area contributed by atoms with Crippen LogP contribution in [0.2, 0.25) is 0 Å². The minimum Gasteiger partial charge on any atom is -0.481 e. The second-order valence-corrected chi connectivity index (χ2v) is 6.14. The van der Waals surface area contributed by atoms with Crippen molar-refractivity contribution in [1.29, 1.82) is 0 Å². The van der Waals surface area contributed by atoms with Gasteiger partial charge in [-0.05, 0) is 11.8 Å². The Balaban J connectivity index is 4.00. The van der Waals surface area contributed by atoms with Crippen molar-refractivity contribution in [2.45, 2.75) is 47.0 Å². The molecule has 1 atom stereocenters. The first kappa shape index (κ1) is 18.4. The monoisotopic (exact) mass is 286 g/mol. The molecule has 0 heterocycles. The van der Waals surface area contributed by atoms with E-state index in [1.165, 1.54) is 0 Å². The van der Waals surface area contributed by atoms with E-state index in [4.69, 9.17) is 5.11 Å². The van der Waals surface area contributed by atoms with Gasteiger partial charge in [0.1, 0.15) is 0 Å². The summed E-state index contributed by atoms with van der Waals surface area (Å²) in [7, 11) is 0. The van der Waals surface area contributed by atoms with Gasteiger partial charge in [-0.2, -0.15) is 0 Å². The van der Waals surface area contributed by atoms with E-state index < -0.39 is 11.9 Å². The van der Waals surface area contributed by atoms with Crippen molar-refractivity contribution in [2.24, 2.45) is 11.3 Å². The Morgan fingerprint density at radius 3 is 2.15 bits per heavy atom. The quantitative estimate of drug-likeness (QED) is 0.624. The number of hydrogen-bond acceptors (Lipinski definition) is 3. The van der Waals surface area contributed by atoms with E-state index in [2.05, 4.69) is 10.6 Å². The zero-order valence-corrected chi connectivity index (χ0v) is 12.8. The summed E-state index contributed by atoms with van der Waals surface area (Å²) in [5.41, 5.74) is -0.129. The molecule has 6 nitrogen and oxygen atoms in total. The zero-order chi connectivity index (χ0) is 15.8. The van der Waals surface area contributed by atoms with Crippen LogP contribution in [-0.2, 0) is 14.4 Å². The van der Waals surface area contributed by atoms with Crippen molar-refractivity contribution >= 4 is 17.8 Å². The highest BCUT2D eigenvalue weighted by Crippen LogP contribution is 2.17. The van der Waals surface area contributed by atoms with Gasteiger partial charge < -0.3 is 15.7 Å². The van der Waals surface area contributed by atoms with Gasteiger partial charge in [0.05, 0.1) is 12.5 Å². The molecule has 1 unspecified atom stereocenters. The standard InChI is InChI=1S/C14H26N2O4/c1-5-6-10(13(19)20)8-15-12(18)9-16-11(17)7-14(2,3)4/h10H,5-9H2,1-4H3,(H,15,18)(H,16,17)(H,19,20). The number of amides is 2. The topological polar surface area (TPSA) is 95.5 Å². The highest BCUT2D eigenvalue weighted by Gasteiger charge is 2.18. The van der Waals surface area contributed by atoms with Crippen LogP contribution in [-0.4, -0.2) is 36.0 Å². The number of carboxylic acid groups (broad SMARTS) is 1. The lowest BCUT2D eigenvalue weighted by Gasteiger charge is -2.17. The summed E-state index contributed by atoms with van der Waals surface area (Å²) in [6.45, 7) is 7.69. The van der Waals surface area contributed by atoms with Gasteiger partial charge in [-0.1, -0.05) is 34.1 Å². The second-order valence-electron chi connectivity index (χ2n) is 6.14. The summed E-state index contributed by atoms with van der Waals surface area (Å²) < 4.78 is 0. The first-order valence-electron chi connectivity index (χ1n) is 6.92. The van der Waals surface area contributed by atoms with Gasteiger partial charge in [-0.3, -0.25) is 14.4 Å². The molecule has 2 amide bonds. The van der Waals surface area contributed by atoms with Crippen molar-refractivity contribution in [3.8, 4) is 0 Å². The summed E-state index contributed by atoms with van der Waals surface area (Å²) in [6, 6.07) is 0. The predicted octanol–water partition coefficient (Wildman–Crippen LogP) is 1.16. The molecule has 0 radical (unpaired) electrons. The Bertz CT molecular complexity index is 348. The van der Waals surface area contributed by atoms with Gasteiger partial charge in [0.25, 0.3) is 0 Å². The van der Waals surface area contributed by atoms with Crippen LogP contribution in [0.3, 0.4) is 0 Å². The summed E-state index contributed by atoms with van der Waals surface area (Å²) in [6.07, 6.45) is 1.61. The van der Waals surface area contributed by atoms with Crippen LogP contribution in [0, 0.1) is 11.3 Å². The van der Waals surface area contributed by atoms with Crippen LogP contribution in [0.15, 0.2) is 0 Å². The highest BCUT2D eigenvalue weighted by molar-refractivity contribution is 5.85. The third-order valence-electron chi connectivity index (χ3n) is 2.67. The number of carbonyl (C=O) groups is 3. The van der Waals surface area contributed by atoms with Gasteiger partial charge in [0.2, 0.25) is 11.8 Å². The lowest BCUT2D eigenvalue weighted by atomic mass is 9.92. The maximum atomic E-state index is 11.5. The predicted molar refractivity (Wildman–Crippen MR) is 76.1 cm³/mol. The van der Waals surface area contributed by atoms with Gasteiger partial charge in [0, 0.05) is 13.0 Å². The van der Waals surface area contributed by atoms with E-state index in [1.54, 1.807) is 0 Å². The molecule has 0 aromatic heterocycles. The average Bonchev–Trinajstić information content (AvgIpc) is 2.29. The normalized spacial score (nSPS) is 12.6. The molecule has 0 saturated heterocycles. The number of carboxylic acids is 1. The lowest BCUT2D eigenvalue weighted by molar-refractivity contribution is -0.142. The highest BCUT2D eigenvalue weighted by atomic mass is 16.4.